The minimum atomic E-state index is 1.15. The van der Waals surface area contributed by atoms with E-state index in [9.17, 15) is 0 Å². The average Bonchev–Trinajstić information content (AvgIpc) is 2.96. The van der Waals surface area contributed by atoms with Gasteiger partial charge in [0.1, 0.15) is 0 Å². The van der Waals surface area contributed by atoms with Gasteiger partial charge in [-0.25, -0.2) is 0 Å². The van der Waals surface area contributed by atoms with Crippen molar-refractivity contribution in [3.8, 4) is 5.69 Å². The molecule has 1 aliphatic carbocycles. The molecule has 0 atom stereocenters. The highest BCUT2D eigenvalue weighted by atomic mass is 15.0. The maximum absolute atomic E-state index is 3.60. The number of rotatable bonds is 3. The Hall–Kier alpha value is -2.48. The van der Waals surface area contributed by atoms with Crippen molar-refractivity contribution in [2.24, 2.45) is 0 Å². The van der Waals surface area contributed by atoms with E-state index in [-0.39, 0.29) is 0 Å². The Morgan fingerprint density at radius 1 is 0.773 bits per heavy atom. The summed E-state index contributed by atoms with van der Waals surface area (Å²) in [6.45, 7) is 0. The van der Waals surface area contributed by atoms with E-state index in [1.807, 2.05) is 0 Å². The molecule has 1 aromatic heterocycles. The number of nitrogens with zero attached hydrogens (tertiary/aromatic N) is 1. The first kappa shape index (κ1) is 13.2. The third-order valence-electron chi connectivity index (χ3n) is 4.40. The van der Waals surface area contributed by atoms with Crippen LogP contribution in [0.1, 0.15) is 24.1 Å². The molecular formula is C20H20N2. The summed E-state index contributed by atoms with van der Waals surface area (Å²) in [7, 11) is 0. The maximum Gasteiger partial charge on any atom is 0.0603 e. The Bertz CT molecular complexity index is 757. The highest BCUT2D eigenvalue weighted by Gasteiger charge is 2.19. The number of aromatic nitrogens is 1. The Kier molecular flexibility index (Phi) is 3.43. The van der Waals surface area contributed by atoms with Crippen LogP contribution < -0.4 is 5.32 Å². The van der Waals surface area contributed by atoms with Crippen LogP contribution in [0.4, 0.5) is 11.4 Å². The molecule has 0 spiro atoms. The van der Waals surface area contributed by atoms with Crippen LogP contribution in [0.25, 0.3) is 5.69 Å². The first-order valence-corrected chi connectivity index (χ1v) is 8.02. The molecule has 0 amide bonds. The second-order valence-corrected chi connectivity index (χ2v) is 5.87. The quantitative estimate of drug-likeness (QED) is 0.709. The van der Waals surface area contributed by atoms with Crippen molar-refractivity contribution < 1.29 is 0 Å². The predicted molar refractivity (Wildman–Crippen MR) is 92.1 cm³/mol. The molecule has 1 aliphatic rings. The number of hydrogen-bond donors (Lipinski definition) is 1. The molecule has 22 heavy (non-hydrogen) atoms. The Morgan fingerprint density at radius 3 is 2.23 bits per heavy atom. The van der Waals surface area contributed by atoms with Gasteiger partial charge in [0.15, 0.2) is 0 Å². The molecule has 0 saturated heterocycles. The Morgan fingerprint density at radius 2 is 1.45 bits per heavy atom. The molecular weight excluding hydrogens is 268 g/mol. The summed E-state index contributed by atoms with van der Waals surface area (Å²) < 4.78 is 2.36. The van der Waals surface area contributed by atoms with E-state index in [0.29, 0.717) is 0 Å². The van der Waals surface area contributed by atoms with Crippen LogP contribution in [0.5, 0.6) is 0 Å². The lowest BCUT2D eigenvalue weighted by Crippen LogP contribution is -2.06. The summed E-state index contributed by atoms with van der Waals surface area (Å²) in [5, 5.41) is 3.60. The zero-order valence-corrected chi connectivity index (χ0v) is 12.6. The van der Waals surface area contributed by atoms with Gasteiger partial charge in [-0.05, 0) is 55.5 Å². The first-order chi connectivity index (χ1) is 10.9. The Balaban J connectivity index is 1.78. The van der Waals surface area contributed by atoms with E-state index in [2.05, 4.69) is 76.7 Å². The van der Waals surface area contributed by atoms with E-state index in [1.165, 1.54) is 48.3 Å². The fraction of sp³-hybridized carbons (Fsp3) is 0.200. The van der Waals surface area contributed by atoms with Crippen LogP contribution in [0.2, 0.25) is 0 Å². The molecule has 2 heteroatoms. The van der Waals surface area contributed by atoms with Crippen molar-refractivity contribution in [1.29, 1.82) is 0 Å². The van der Waals surface area contributed by atoms with Gasteiger partial charge in [0.25, 0.3) is 0 Å². The van der Waals surface area contributed by atoms with Crippen LogP contribution in [0, 0.1) is 0 Å². The lowest BCUT2D eigenvalue weighted by Gasteiger charge is -2.16. The summed E-state index contributed by atoms with van der Waals surface area (Å²) in [6.07, 6.45) is 7.17. The van der Waals surface area contributed by atoms with Crippen molar-refractivity contribution >= 4 is 11.4 Å². The molecule has 3 aromatic rings. The van der Waals surface area contributed by atoms with Crippen LogP contribution in [-0.4, -0.2) is 4.57 Å². The minimum absolute atomic E-state index is 1.15. The molecule has 2 nitrogen and oxygen atoms in total. The van der Waals surface area contributed by atoms with E-state index in [1.54, 1.807) is 0 Å². The number of para-hydroxylation sites is 2. The molecule has 4 rings (SSSR count). The van der Waals surface area contributed by atoms with Gasteiger partial charge < -0.3 is 9.88 Å². The maximum atomic E-state index is 3.60. The lowest BCUT2D eigenvalue weighted by atomic mass is 9.97. The van der Waals surface area contributed by atoms with Crippen LogP contribution in [-0.2, 0) is 12.8 Å². The topological polar surface area (TPSA) is 17.0 Å². The largest absolute Gasteiger partial charge is 0.354 e. The third kappa shape index (κ3) is 2.41. The zero-order chi connectivity index (χ0) is 14.8. The number of anilines is 2. The number of benzene rings is 2. The van der Waals surface area contributed by atoms with Crippen molar-refractivity contribution in [2.75, 3.05) is 5.32 Å². The SMILES string of the molecule is c1ccc(Nc2cn(-c3ccccc3)c3c2CCCC3)cc1. The molecule has 0 bridgehead atoms. The molecule has 110 valence electrons. The second-order valence-electron chi connectivity index (χ2n) is 5.87. The molecule has 1 heterocycles. The van der Waals surface area contributed by atoms with Gasteiger partial charge in [-0.2, -0.15) is 0 Å². The van der Waals surface area contributed by atoms with E-state index >= 15 is 0 Å². The van der Waals surface area contributed by atoms with Crippen LogP contribution >= 0.6 is 0 Å². The number of fused-ring (bicyclic) bond motifs is 1. The second kappa shape index (κ2) is 5.72. The van der Waals surface area contributed by atoms with Crippen molar-refractivity contribution in [2.45, 2.75) is 25.7 Å². The number of hydrogen-bond acceptors (Lipinski definition) is 1. The van der Waals surface area contributed by atoms with Crippen molar-refractivity contribution in [3.05, 3.63) is 78.1 Å². The molecule has 2 aromatic carbocycles. The Labute approximate surface area is 131 Å². The normalized spacial score (nSPS) is 13.6. The lowest BCUT2D eigenvalue weighted by molar-refractivity contribution is 0.664. The van der Waals surface area contributed by atoms with Gasteiger partial charge in [-0.15, -0.1) is 0 Å². The predicted octanol–water partition coefficient (Wildman–Crippen LogP) is 5.10. The van der Waals surface area contributed by atoms with Crippen LogP contribution in [0.3, 0.4) is 0 Å². The summed E-state index contributed by atoms with van der Waals surface area (Å²) in [6, 6.07) is 21.1. The fourth-order valence-corrected chi connectivity index (χ4v) is 3.33. The van der Waals surface area contributed by atoms with E-state index < -0.39 is 0 Å². The minimum Gasteiger partial charge on any atom is -0.354 e. The molecule has 0 aliphatic heterocycles. The van der Waals surface area contributed by atoms with E-state index in [0.717, 1.165) is 5.69 Å². The highest BCUT2D eigenvalue weighted by Crippen LogP contribution is 2.33. The third-order valence-corrected chi connectivity index (χ3v) is 4.40. The van der Waals surface area contributed by atoms with Crippen LogP contribution in [0.15, 0.2) is 66.9 Å². The zero-order valence-electron chi connectivity index (χ0n) is 12.6. The summed E-state index contributed by atoms with van der Waals surface area (Å²) >= 11 is 0. The van der Waals surface area contributed by atoms with Gasteiger partial charge in [0.2, 0.25) is 0 Å². The van der Waals surface area contributed by atoms with Gasteiger partial charge in [-0.1, -0.05) is 36.4 Å². The first-order valence-electron chi connectivity index (χ1n) is 8.02. The fourth-order valence-electron chi connectivity index (χ4n) is 3.33. The molecule has 0 fully saturated rings. The van der Waals surface area contributed by atoms with Gasteiger partial charge in [-0.3, -0.25) is 0 Å². The van der Waals surface area contributed by atoms with Gasteiger partial charge in [0.05, 0.1) is 5.69 Å². The molecule has 1 N–H and O–H groups in total. The van der Waals surface area contributed by atoms with E-state index in [4.69, 9.17) is 0 Å². The summed E-state index contributed by atoms with van der Waals surface area (Å²) in [4.78, 5) is 0. The average molecular weight is 288 g/mol. The standard InChI is InChI=1S/C20H20N2/c1-3-9-16(10-4-1)21-19-15-22(17-11-5-2-6-12-17)20-14-8-7-13-18(19)20/h1-6,9-12,15,21H,7-8,13-14H2. The monoisotopic (exact) mass is 288 g/mol. The summed E-state index contributed by atoms with van der Waals surface area (Å²) in [5.74, 6) is 0. The summed E-state index contributed by atoms with van der Waals surface area (Å²) in [5.41, 5.74) is 6.61. The molecule has 0 radical (unpaired) electrons. The van der Waals surface area contributed by atoms with Crippen molar-refractivity contribution in [3.63, 3.8) is 0 Å². The van der Waals surface area contributed by atoms with Gasteiger partial charge >= 0.3 is 0 Å². The molecule has 0 unspecified atom stereocenters. The molecule has 0 saturated carbocycles. The van der Waals surface area contributed by atoms with Crippen molar-refractivity contribution in [1.82, 2.24) is 4.57 Å². The van der Waals surface area contributed by atoms with Gasteiger partial charge in [0, 0.05) is 23.3 Å². The highest BCUT2D eigenvalue weighted by molar-refractivity contribution is 5.66. The smallest absolute Gasteiger partial charge is 0.0603 e. The number of nitrogens with one attached hydrogen (secondary N) is 1.